The zero-order valence-electron chi connectivity index (χ0n) is 12.2. The quantitative estimate of drug-likeness (QED) is 0.511. The first-order valence-corrected chi connectivity index (χ1v) is 8.73. The van der Waals surface area contributed by atoms with Crippen molar-refractivity contribution in [3.05, 3.63) is 78.4 Å². The minimum absolute atomic E-state index is 0.0153. The van der Waals surface area contributed by atoms with Gasteiger partial charge in [0.1, 0.15) is 0 Å². The standard InChI is InChI=1S/C20H17OS/c21-14-13-15-9-11-16(12-10-15)22-19-7-3-1-5-17(19)18-6-2-4-8-20(18)22/h1-12,21H,13-14H2/q+1. The second kappa shape index (κ2) is 5.56. The van der Waals surface area contributed by atoms with Crippen LogP contribution >= 0.6 is 10.5 Å². The van der Waals surface area contributed by atoms with Crippen LogP contribution < -0.4 is 0 Å². The molecule has 0 aliphatic carbocycles. The highest BCUT2D eigenvalue weighted by molar-refractivity contribution is 7.50. The molecule has 0 fully saturated rings. The maximum Gasteiger partial charge on any atom is 0.187 e. The SMILES string of the molecule is OCCc1ccc(-[s+]2c3ccccc3c3ccccc32)cc1. The summed E-state index contributed by atoms with van der Waals surface area (Å²) in [6.45, 7) is 0.205. The number of hydrogen-bond acceptors (Lipinski definition) is 1. The molecule has 3 aromatic carbocycles. The topological polar surface area (TPSA) is 20.2 Å². The summed E-state index contributed by atoms with van der Waals surface area (Å²) in [6, 6.07) is 26.2. The fourth-order valence-electron chi connectivity index (χ4n) is 3.03. The first-order chi connectivity index (χ1) is 10.9. The Morgan fingerprint density at radius 3 is 1.77 bits per heavy atom. The average Bonchev–Trinajstić information content (AvgIpc) is 2.91. The first kappa shape index (κ1) is 13.5. The molecule has 2 heteroatoms. The summed E-state index contributed by atoms with van der Waals surface area (Å²) in [4.78, 5) is 1.35. The van der Waals surface area contributed by atoms with Crippen molar-refractivity contribution in [3.63, 3.8) is 0 Å². The number of hydrogen-bond donors (Lipinski definition) is 1. The van der Waals surface area contributed by atoms with Gasteiger partial charge in [-0.1, -0.05) is 36.4 Å². The molecular weight excluding hydrogens is 288 g/mol. The Morgan fingerprint density at radius 1 is 0.682 bits per heavy atom. The second-order valence-corrected chi connectivity index (χ2v) is 7.38. The second-order valence-electron chi connectivity index (χ2n) is 5.42. The Labute approximate surface area is 132 Å². The van der Waals surface area contributed by atoms with Gasteiger partial charge in [0.05, 0.1) is 0 Å². The molecule has 4 aromatic rings. The van der Waals surface area contributed by atoms with Gasteiger partial charge in [0.15, 0.2) is 14.3 Å². The van der Waals surface area contributed by atoms with Crippen LogP contribution in [0.3, 0.4) is 0 Å². The third-order valence-electron chi connectivity index (χ3n) is 4.06. The van der Waals surface area contributed by atoms with E-state index in [1.807, 2.05) is 0 Å². The lowest BCUT2D eigenvalue weighted by Gasteiger charge is -1.98. The lowest BCUT2D eigenvalue weighted by Crippen LogP contribution is -1.89. The van der Waals surface area contributed by atoms with Crippen LogP contribution in [0.5, 0.6) is 0 Å². The third kappa shape index (κ3) is 2.12. The summed E-state index contributed by atoms with van der Waals surface area (Å²) in [5.41, 5.74) is 1.19. The van der Waals surface area contributed by atoms with E-state index in [9.17, 15) is 0 Å². The number of fused-ring (bicyclic) bond motifs is 3. The molecule has 0 unspecified atom stereocenters. The number of thiophene rings is 1. The van der Waals surface area contributed by atoms with Gasteiger partial charge in [-0.2, -0.15) is 0 Å². The minimum Gasteiger partial charge on any atom is -0.396 e. The molecule has 0 spiro atoms. The van der Waals surface area contributed by atoms with Gasteiger partial charge in [0, 0.05) is 27.8 Å². The van der Waals surface area contributed by atoms with Crippen LogP contribution in [0.1, 0.15) is 5.56 Å². The van der Waals surface area contributed by atoms with Gasteiger partial charge in [0.2, 0.25) is 0 Å². The summed E-state index contributed by atoms with van der Waals surface area (Å²) in [7, 11) is -0.0153. The summed E-state index contributed by atoms with van der Waals surface area (Å²) in [5.74, 6) is 0. The minimum atomic E-state index is -0.0153. The summed E-state index contributed by atoms with van der Waals surface area (Å²) in [5, 5.41) is 11.8. The zero-order valence-corrected chi connectivity index (χ0v) is 13.0. The first-order valence-electron chi connectivity index (χ1n) is 7.51. The molecule has 1 N–H and O–H groups in total. The molecule has 0 amide bonds. The van der Waals surface area contributed by atoms with E-state index in [4.69, 9.17) is 5.11 Å². The number of aliphatic hydroxyl groups is 1. The largest absolute Gasteiger partial charge is 0.396 e. The third-order valence-corrected chi connectivity index (χ3v) is 6.40. The summed E-state index contributed by atoms with van der Waals surface area (Å²) < 4.78 is 2.83. The molecule has 0 aliphatic heterocycles. The van der Waals surface area contributed by atoms with E-state index in [0.29, 0.717) is 0 Å². The van der Waals surface area contributed by atoms with Crippen molar-refractivity contribution in [1.82, 2.24) is 0 Å². The lowest BCUT2D eigenvalue weighted by atomic mass is 10.2. The smallest absolute Gasteiger partial charge is 0.187 e. The molecule has 1 nitrogen and oxygen atoms in total. The predicted octanol–water partition coefficient (Wildman–Crippen LogP) is 5.27. The molecule has 0 saturated carbocycles. The van der Waals surface area contributed by atoms with Gasteiger partial charge >= 0.3 is 0 Å². The van der Waals surface area contributed by atoms with E-state index in [1.165, 1.54) is 30.6 Å². The van der Waals surface area contributed by atoms with Crippen LogP contribution in [-0.4, -0.2) is 11.7 Å². The fraction of sp³-hybridized carbons (Fsp3) is 0.100. The van der Waals surface area contributed by atoms with Gasteiger partial charge in [0.25, 0.3) is 0 Å². The molecule has 0 atom stereocenters. The molecule has 0 aliphatic rings. The Morgan fingerprint density at radius 2 is 1.23 bits per heavy atom. The van der Waals surface area contributed by atoms with Gasteiger partial charge in [-0.3, -0.25) is 0 Å². The molecule has 1 aromatic heterocycles. The summed E-state index contributed by atoms with van der Waals surface area (Å²) in [6.07, 6.45) is 0.723. The molecule has 0 bridgehead atoms. The Balaban J connectivity index is 1.99. The van der Waals surface area contributed by atoms with Gasteiger partial charge in [-0.25, -0.2) is 0 Å². The highest BCUT2D eigenvalue weighted by Crippen LogP contribution is 2.47. The van der Waals surface area contributed by atoms with Crippen LogP contribution in [0.2, 0.25) is 0 Å². The number of benzene rings is 3. The van der Waals surface area contributed by atoms with Crippen molar-refractivity contribution in [3.8, 4) is 4.90 Å². The molecule has 1 heterocycles. The van der Waals surface area contributed by atoms with Gasteiger partial charge < -0.3 is 5.11 Å². The lowest BCUT2D eigenvalue weighted by molar-refractivity contribution is 0.299. The Kier molecular flexibility index (Phi) is 3.41. The van der Waals surface area contributed by atoms with Crippen molar-refractivity contribution < 1.29 is 5.11 Å². The van der Waals surface area contributed by atoms with Crippen LogP contribution in [0.4, 0.5) is 0 Å². The van der Waals surface area contributed by atoms with Crippen molar-refractivity contribution in [2.75, 3.05) is 6.61 Å². The number of rotatable bonds is 3. The Hall–Kier alpha value is -2.16. The van der Waals surface area contributed by atoms with E-state index in [-0.39, 0.29) is 17.1 Å². The molecule has 108 valence electrons. The molecule has 0 radical (unpaired) electrons. The van der Waals surface area contributed by atoms with E-state index in [1.54, 1.807) is 0 Å². The van der Waals surface area contributed by atoms with E-state index < -0.39 is 0 Å². The van der Waals surface area contributed by atoms with Crippen LogP contribution in [-0.2, 0) is 6.42 Å². The van der Waals surface area contributed by atoms with Crippen molar-refractivity contribution in [2.24, 2.45) is 0 Å². The highest BCUT2D eigenvalue weighted by Gasteiger charge is 2.22. The summed E-state index contributed by atoms with van der Waals surface area (Å²) >= 11 is 0. The zero-order chi connectivity index (χ0) is 14.9. The van der Waals surface area contributed by atoms with Crippen molar-refractivity contribution in [2.45, 2.75) is 6.42 Å². The fourth-order valence-corrected chi connectivity index (χ4v) is 5.41. The van der Waals surface area contributed by atoms with Crippen molar-refractivity contribution in [1.29, 1.82) is 0 Å². The van der Waals surface area contributed by atoms with Crippen LogP contribution in [0.15, 0.2) is 72.8 Å². The van der Waals surface area contributed by atoms with Crippen LogP contribution in [0, 0.1) is 0 Å². The molecular formula is C20H17OS+. The van der Waals surface area contributed by atoms with Crippen LogP contribution in [0.25, 0.3) is 25.1 Å². The van der Waals surface area contributed by atoms with Gasteiger partial charge in [-0.05, 0) is 48.4 Å². The average molecular weight is 305 g/mol. The Bertz CT molecular complexity index is 882. The highest BCUT2D eigenvalue weighted by atomic mass is 32.2. The van der Waals surface area contributed by atoms with E-state index >= 15 is 0 Å². The van der Waals surface area contributed by atoms with Gasteiger partial charge in [-0.15, -0.1) is 0 Å². The maximum atomic E-state index is 9.06. The van der Waals surface area contributed by atoms with E-state index in [2.05, 4.69) is 72.8 Å². The normalized spacial score (nSPS) is 11.3. The molecule has 0 saturated heterocycles. The number of aliphatic hydroxyl groups excluding tert-OH is 1. The molecule has 4 rings (SSSR count). The molecule has 22 heavy (non-hydrogen) atoms. The monoisotopic (exact) mass is 305 g/mol. The van der Waals surface area contributed by atoms with E-state index in [0.717, 1.165) is 6.42 Å². The maximum absolute atomic E-state index is 9.06. The van der Waals surface area contributed by atoms with Crippen molar-refractivity contribution >= 4 is 30.6 Å². The predicted molar refractivity (Wildman–Crippen MR) is 96.1 cm³/mol.